The highest BCUT2D eigenvalue weighted by molar-refractivity contribution is 5.90. The maximum atomic E-state index is 15.6. The van der Waals surface area contributed by atoms with Crippen LogP contribution >= 0.6 is 0 Å². The molecule has 0 heterocycles. The Morgan fingerprint density at radius 1 is 0.659 bits per heavy atom. The number of hydrogen-bond donors (Lipinski definition) is 0. The van der Waals surface area contributed by atoms with Crippen molar-refractivity contribution in [1.82, 2.24) is 0 Å². The summed E-state index contributed by atoms with van der Waals surface area (Å²) in [6.07, 6.45) is -0.606. The van der Waals surface area contributed by atoms with Gasteiger partial charge in [-0.3, -0.25) is 0 Å². The minimum absolute atomic E-state index is 0.0652. The summed E-state index contributed by atoms with van der Waals surface area (Å²) in [5.74, 6) is -6.59. The number of ether oxygens (including phenoxy) is 1. The molecule has 226 valence electrons. The van der Waals surface area contributed by atoms with Crippen molar-refractivity contribution in [3.05, 3.63) is 124 Å². The molecule has 0 fully saturated rings. The summed E-state index contributed by atoms with van der Waals surface area (Å²) >= 11 is 0. The third-order valence-electron chi connectivity index (χ3n) is 7.33. The fraction of sp³-hybridized carbons (Fsp3) is 0.167. The van der Waals surface area contributed by atoms with Crippen LogP contribution in [0.4, 0.5) is 30.7 Å². The zero-order valence-electron chi connectivity index (χ0n) is 23.8. The molecule has 0 aliphatic heterocycles. The predicted molar refractivity (Wildman–Crippen MR) is 160 cm³/mol. The number of aryl methyl sites for hydroxylation is 1. The van der Waals surface area contributed by atoms with Crippen LogP contribution in [0.5, 0.6) is 5.75 Å². The van der Waals surface area contributed by atoms with Gasteiger partial charge in [-0.05, 0) is 58.7 Å². The van der Waals surface area contributed by atoms with Crippen molar-refractivity contribution >= 4 is 22.9 Å². The molecule has 0 saturated carbocycles. The number of benzene rings is 5. The van der Waals surface area contributed by atoms with Gasteiger partial charge in [-0.15, -0.1) is 0 Å². The van der Waals surface area contributed by atoms with Gasteiger partial charge in [0.25, 0.3) is 0 Å². The van der Waals surface area contributed by atoms with E-state index in [0.717, 1.165) is 48.2 Å². The van der Waals surface area contributed by atoms with Crippen molar-refractivity contribution in [3.63, 3.8) is 0 Å². The topological polar surface area (TPSA) is 9.23 Å². The average molecular weight is 609 g/mol. The summed E-state index contributed by atoms with van der Waals surface area (Å²) in [6, 6.07) is 20.5. The Morgan fingerprint density at radius 3 is 1.93 bits per heavy atom. The van der Waals surface area contributed by atoms with Crippen LogP contribution in [-0.4, -0.2) is 6.61 Å². The smallest absolute Gasteiger partial charge is 0.419 e. The van der Waals surface area contributed by atoms with Gasteiger partial charge in [-0.2, -0.15) is 13.2 Å². The molecule has 0 aliphatic carbocycles. The van der Waals surface area contributed by atoms with Crippen molar-refractivity contribution in [3.8, 4) is 28.0 Å². The first-order valence-corrected chi connectivity index (χ1v) is 14.0. The molecule has 5 aromatic rings. The molecule has 0 radical (unpaired) electrons. The SMILES string of the molecule is CCCc1ccc(-c2ccc(/C=C/c3ccc(-c4cc5ccc(OCC)c(F)c5c(F)c4F)c(F)c3C(F)(F)F)cc2)cc1. The maximum absolute atomic E-state index is 15.6. The van der Waals surface area contributed by atoms with E-state index >= 15 is 13.2 Å². The van der Waals surface area contributed by atoms with Gasteiger partial charge in [0, 0.05) is 11.1 Å². The van der Waals surface area contributed by atoms with Crippen molar-refractivity contribution in [2.75, 3.05) is 6.61 Å². The quantitative estimate of drug-likeness (QED) is 0.126. The Kier molecular flexibility index (Phi) is 8.81. The Morgan fingerprint density at radius 2 is 1.32 bits per heavy atom. The van der Waals surface area contributed by atoms with Crippen LogP contribution < -0.4 is 4.74 Å². The highest BCUT2D eigenvalue weighted by atomic mass is 19.4. The van der Waals surface area contributed by atoms with E-state index in [1.807, 2.05) is 24.3 Å². The van der Waals surface area contributed by atoms with Gasteiger partial charge in [-0.25, -0.2) is 17.6 Å². The van der Waals surface area contributed by atoms with E-state index in [1.165, 1.54) is 23.8 Å². The van der Waals surface area contributed by atoms with Gasteiger partial charge in [0.05, 0.1) is 17.6 Å². The minimum Gasteiger partial charge on any atom is -0.491 e. The lowest BCUT2D eigenvalue weighted by Crippen LogP contribution is -2.12. The molecular weight excluding hydrogens is 581 g/mol. The third kappa shape index (κ3) is 6.07. The molecule has 0 amide bonds. The second-order valence-corrected chi connectivity index (χ2v) is 10.3. The number of hydrogen-bond acceptors (Lipinski definition) is 1. The largest absolute Gasteiger partial charge is 0.491 e. The number of rotatable bonds is 8. The van der Waals surface area contributed by atoms with Gasteiger partial charge in [0.2, 0.25) is 0 Å². The molecule has 5 rings (SSSR count). The highest BCUT2D eigenvalue weighted by Gasteiger charge is 2.38. The van der Waals surface area contributed by atoms with E-state index < -0.39 is 57.1 Å². The lowest BCUT2D eigenvalue weighted by atomic mass is 9.94. The first-order chi connectivity index (χ1) is 21.0. The van der Waals surface area contributed by atoms with Gasteiger partial charge < -0.3 is 4.74 Å². The van der Waals surface area contributed by atoms with Crippen LogP contribution in [-0.2, 0) is 12.6 Å². The number of halogens is 7. The average Bonchev–Trinajstić information content (AvgIpc) is 2.99. The van der Waals surface area contributed by atoms with E-state index in [9.17, 15) is 17.6 Å². The Hall–Kier alpha value is -4.59. The third-order valence-corrected chi connectivity index (χ3v) is 7.33. The maximum Gasteiger partial charge on any atom is 0.419 e. The fourth-order valence-electron chi connectivity index (χ4n) is 5.18. The van der Waals surface area contributed by atoms with Gasteiger partial charge in [0.15, 0.2) is 23.2 Å². The Balaban J connectivity index is 1.50. The van der Waals surface area contributed by atoms with Crippen molar-refractivity contribution in [2.24, 2.45) is 0 Å². The van der Waals surface area contributed by atoms with E-state index in [0.29, 0.717) is 5.56 Å². The monoisotopic (exact) mass is 608 g/mol. The highest BCUT2D eigenvalue weighted by Crippen LogP contribution is 2.41. The van der Waals surface area contributed by atoms with E-state index in [2.05, 4.69) is 19.1 Å². The minimum atomic E-state index is -5.15. The van der Waals surface area contributed by atoms with Crippen molar-refractivity contribution in [1.29, 1.82) is 0 Å². The summed E-state index contributed by atoms with van der Waals surface area (Å²) in [5.41, 5.74) is 0.0171. The zero-order valence-corrected chi connectivity index (χ0v) is 23.8. The first kappa shape index (κ1) is 30.9. The molecular formula is C36H27F7O. The zero-order chi connectivity index (χ0) is 31.6. The van der Waals surface area contributed by atoms with E-state index in [-0.39, 0.29) is 17.7 Å². The van der Waals surface area contributed by atoms with Crippen LogP contribution in [0.2, 0.25) is 0 Å². The molecule has 0 N–H and O–H groups in total. The fourth-order valence-corrected chi connectivity index (χ4v) is 5.18. The molecule has 44 heavy (non-hydrogen) atoms. The normalized spacial score (nSPS) is 11.9. The summed E-state index contributed by atoms with van der Waals surface area (Å²) < 4.78 is 108. The number of fused-ring (bicyclic) bond motifs is 1. The Labute approximate surface area is 250 Å². The second-order valence-electron chi connectivity index (χ2n) is 10.3. The molecule has 0 atom stereocenters. The number of alkyl halides is 3. The van der Waals surface area contributed by atoms with Gasteiger partial charge in [0.1, 0.15) is 5.82 Å². The molecule has 1 nitrogen and oxygen atoms in total. The molecule has 0 bridgehead atoms. The predicted octanol–water partition coefficient (Wildman–Crippen LogP) is 11.3. The van der Waals surface area contributed by atoms with Gasteiger partial charge in [-0.1, -0.05) is 92.2 Å². The van der Waals surface area contributed by atoms with Crippen molar-refractivity contribution in [2.45, 2.75) is 32.9 Å². The summed E-state index contributed by atoms with van der Waals surface area (Å²) in [5, 5.41) is -0.912. The summed E-state index contributed by atoms with van der Waals surface area (Å²) in [7, 11) is 0. The summed E-state index contributed by atoms with van der Waals surface area (Å²) in [4.78, 5) is 0. The van der Waals surface area contributed by atoms with Gasteiger partial charge >= 0.3 is 6.18 Å². The standard InChI is InChI=1S/C36H27F7O/c1-3-5-21-6-11-23(12-7-21)24-13-8-22(9-14-24)10-15-25-16-18-27(32(37)31(25)36(41,42)43)28-20-26-17-19-29(44-4-2)34(39)30(26)35(40)33(28)38/h6-20H,3-5H2,1-2H3/b15-10+. The molecule has 8 heteroatoms. The van der Waals surface area contributed by atoms with Crippen LogP contribution in [0.3, 0.4) is 0 Å². The van der Waals surface area contributed by atoms with Crippen molar-refractivity contribution < 1.29 is 35.5 Å². The second kappa shape index (κ2) is 12.6. The van der Waals surface area contributed by atoms with E-state index in [4.69, 9.17) is 4.74 Å². The molecule has 0 spiro atoms. The molecule has 0 saturated heterocycles. The lowest BCUT2D eigenvalue weighted by Gasteiger charge is -2.16. The molecule has 0 unspecified atom stereocenters. The van der Waals surface area contributed by atoms with Crippen LogP contribution in [0, 0.1) is 23.3 Å². The van der Waals surface area contributed by atoms with Crippen LogP contribution in [0.25, 0.3) is 45.2 Å². The lowest BCUT2D eigenvalue weighted by molar-refractivity contribution is -0.140. The molecule has 0 aliphatic rings. The molecule has 5 aromatic carbocycles. The Bertz CT molecular complexity index is 1840. The first-order valence-electron chi connectivity index (χ1n) is 14.0. The van der Waals surface area contributed by atoms with E-state index in [1.54, 1.807) is 19.1 Å². The molecule has 0 aromatic heterocycles. The van der Waals surface area contributed by atoms with Crippen LogP contribution in [0.15, 0.2) is 78.9 Å². The summed E-state index contributed by atoms with van der Waals surface area (Å²) in [6.45, 7) is 3.75. The van der Waals surface area contributed by atoms with Crippen LogP contribution in [0.1, 0.15) is 42.5 Å².